The number of anilines is 6. The number of para-hydroxylation sites is 6. The lowest BCUT2D eigenvalue weighted by molar-refractivity contribution is 0.577. The predicted octanol–water partition coefficient (Wildman–Crippen LogP) is 12.4. The van der Waals surface area contributed by atoms with Crippen LogP contribution in [0.2, 0.25) is 0 Å². The molecular formula is C55H42N9OP. The summed E-state index contributed by atoms with van der Waals surface area (Å²) < 4.78 is 19.8. The lowest BCUT2D eigenvalue weighted by Gasteiger charge is -2.28. The van der Waals surface area contributed by atoms with E-state index in [1.165, 1.54) is 0 Å². The Balaban J connectivity index is 1.28. The van der Waals surface area contributed by atoms with Gasteiger partial charge in [0.1, 0.15) is 5.82 Å². The average Bonchev–Trinajstić information content (AvgIpc) is 3.73. The Bertz CT molecular complexity index is 3310. The van der Waals surface area contributed by atoms with Gasteiger partial charge in [0, 0.05) is 45.0 Å². The molecule has 7 aromatic carbocycles. The average molecular weight is 876 g/mol. The van der Waals surface area contributed by atoms with E-state index >= 15 is 4.57 Å². The highest BCUT2D eigenvalue weighted by atomic mass is 31.2. The highest BCUT2D eigenvalue weighted by molar-refractivity contribution is 7.76. The molecule has 10 nitrogen and oxygen atoms in total. The van der Waals surface area contributed by atoms with E-state index in [-0.39, 0.29) is 28.9 Å². The van der Waals surface area contributed by atoms with Gasteiger partial charge in [-0.05, 0) is 66.6 Å². The van der Waals surface area contributed by atoms with Gasteiger partial charge in [-0.25, -0.2) is 9.97 Å². The van der Waals surface area contributed by atoms with Crippen molar-refractivity contribution in [1.29, 1.82) is 0 Å². The Morgan fingerprint density at radius 2 is 0.848 bits per heavy atom. The Hall–Kier alpha value is -8.33. The molecule has 3 atom stereocenters. The van der Waals surface area contributed by atoms with Gasteiger partial charge in [0.2, 0.25) is 23.0 Å². The van der Waals surface area contributed by atoms with E-state index in [9.17, 15) is 0 Å². The second kappa shape index (κ2) is 17.3. The van der Waals surface area contributed by atoms with Crippen LogP contribution in [0.4, 0.5) is 34.6 Å². The normalized spacial score (nSPS) is 15.4. The van der Waals surface area contributed by atoms with Crippen molar-refractivity contribution in [3.8, 4) is 11.4 Å². The summed E-state index contributed by atoms with van der Waals surface area (Å²) in [6.07, 6.45) is 8.29. The van der Waals surface area contributed by atoms with Crippen LogP contribution < -0.4 is 20.9 Å². The zero-order valence-electron chi connectivity index (χ0n) is 35.9. The molecule has 3 heterocycles. The minimum absolute atomic E-state index is 0.0101. The van der Waals surface area contributed by atoms with Gasteiger partial charge >= 0.3 is 7.29 Å². The van der Waals surface area contributed by atoms with Crippen molar-refractivity contribution >= 4 is 74.9 Å². The van der Waals surface area contributed by atoms with E-state index in [1.807, 2.05) is 214 Å². The van der Waals surface area contributed by atoms with Crippen LogP contribution >= 0.6 is 7.29 Å². The molecule has 10 aromatic rings. The maximum atomic E-state index is 17.9. The van der Waals surface area contributed by atoms with Crippen molar-refractivity contribution in [1.82, 2.24) is 34.2 Å². The van der Waals surface area contributed by atoms with Crippen LogP contribution in [0.1, 0.15) is 18.7 Å². The molecular weight excluding hydrogens is 834 g/mol. The monoisotopic (exact) mass is 875 g/mol. The molecule has 318 valence electrons. The van der Waals surface area contributed by atoms with Crippen LogP contribution in [0.3, 0.4) is 0 Å². The largest absolute Gasteiger partial charge is 0.306 e. The van der Waals surface area contributed by atoms with Crippen molar-refractivity contribution < 1.29 is 4.57 Å². The van der Waals surface area contributed by atoms with Crippen molar-refractivity contribution in [2.75, 3.05) is 9.80 Å². The van der Waals surface area contributed by atoms with Crippen LogP contribution in [-0.4, -0.2) is 34.2 Å². The van der Waals surface area contributed by atoms with Crippen molar-refractivity contribution in [3.05, 3.63) is 230 Å². The smallest absolute Gasteiger partial charge is 0.283 e. The molecule has 0 fully saturated rings. The van der Waals surface area contributed by atoms with E-state index in [4.69, 9.17) is 29.9 Å². The number of hydrogen-bond donors (Lipinski definition) is 0. The number of nitrogens with zero attached hydrogens (tertiary/aromatic N) is 9. The van der Waals surface area contributed by atoms with Gasteiger partial charge in [-0.1, -0.05) is 171 Å². The number of benzene rings is 7. The quantitative estimate of drug-likeness (QED) is 0.117. The first kappa shape index (κ1) is 40.4. The molecule has 0 amide bonds. The highest BCUT2D eigenvalue weighted by Gasteiger charge is 2.42. The van der Waals surface area contributed by atoms with Gasteiger partial charge in [-0.3, -0.25) is 18.7 Å². The van der Waals surface area contributed by atoms with Crippen LogP contribution in [0.15, 0.2) is 224 Å². The first-order valence-electron chi connectivity index (χ1n) is 21.9. The molecule has 0 N–H and O–H groups in total. The molecule has 0 radical (unpaired) electrons. The third-order valence-corrected chi connectivity index (χ3v) is 14.3. The SMILES string of the molecule is CC1C=CC=CC1c1nc(N(c2ccccc2)c2ccccc2)nc(P(=O)(c2nc(-c3ccccc3)nc(N(c3ccccc3)c3ccccc3)n2)n2c3ccccc3c3ccccc32)n1. The molecule has 3 unspecified atom stereocenters. The fraction of sp³-hybridized carbons (Fsp3) is 0.0545. The molecule has 0 aliphatic heterocycles. The molecule has 0 saturated carbocycles. The Morgan fingerprint density at radius 1 is 0.439 bits per heavy atom. The van der Waals surface area contributed by atoms with Gasteiger partial charge < -0.3 is 0 Å². The maximum absolute atomic E-state index is 17.9. The fourth-order valence-electron chi connectivity index (χ4n) is 8.64. The molecule has 11 heteroatoms. The molecule has 11 rings (SSSR count). The number of aromatic nitrogens is 7. The zero-order valence-corrected chi connectivity index (χ0v) is 36.8. The summed E-state index contributed by atoms with van der Waals surface area (Å²) in [7, 11) is -4.47. The summed E-state index contributed by atoms with van der Waals surface area (Å²) in [5, 5.41) is 1.83. The van der Waals surface area contributed by atoms with Gasteiger partial charge in [0.25, 0.3) is 0 Å². The summed E-state index contributed by atoms with van der Waals surface area (Å²) >= 11 is 0. The first-order chi connectivity index (χ1) is 32.5. The Kier molecular flexibility index (Phi) is 10.6. The first-order valence-corrected chi connectivity index (χ1v) is 23.5. The number of rotatable bonds is 11. The topological polar surface area (TPSA) is 106 Å². The van der Waals surface area contributed by atoms with Gasteiger partial charge in [-0.15, -0.1) is 0 Å². The van der Waals surface area contributed by atoms with Crippen LogP contribution in [0, 0.1) is 5.92 Å². The third kappa shape index (κ3) is 7.33. The fourth-order valence-corrected chi connectivity index (χ4v) is 11.1. The number of fused-ring (bicyclic) bond motifs is 3. The summed E-state index contributed by atoms with van der Waals surface area (Å²) in [6.45, 7) is 2.14. The maximum Gasteiger partial charge on any atom is 0.306 e. The summed E-state index contributed by atoms with van der Waals surface area (Å²) in [4.78, 5) is 35.8. The summed E-state index contributed by atoms with van der Waals surface area (Å²) in [5.41, 5.74) is 5.46. The molecule has 0 spiro atoms. The molecule has 0 saturated heterocycles. The molecule has 1 aliphatic rings. The van der Waals surface area contributed by atoms with E-state index < -0.39 is 7.29 Å². The predicted molar refractivity (Wildman–Crippen MR) is 266 cm³/mol. The van der Waals surface area contributed by atoms with Crippen molar-refractivity contribution in [2.24, 2.45) is 5.92 Å². The lowest BCUT2D eigenvalue weighted by atomic mass is 9.89. The molecule has 66 heavy (non-hydrogen) atoms. The zero-order chi connectivity index (χ0) is 44.5. The van der Waals surface area contributed by atoms with E-state index in [0.717, 1.165) is 39.1 Å². The standard InChI is InChI=1S/C55H42N9OP/c1-39-23-17-18-34-45(39)51-57-53(63(43-30-13-5-14-31-43)44-32-15-6-16-33-44)61-55(59-51)66(65,64-48-37-21-19-35-46(48)47-36-20-22-38-49(47)64)54-58-50(40-24-7-2-8-25-40)56-52(60-54)62(41-26-9-3-10-27-41)42-28-11-4-12-29-42/h2-39,45H,1H3. The lowest BCUT2D eigenvalue weighted by Crippen LogP contribution is -2.34. The minimum Gasteiger partial charge on any atom is -0.283 e. The van der Waals surface area contributed by atoms with Gasteiger partial charge in [-0.2, -0.15) is 19.9 Å². The van der Waals surface area contributed by atoms with Crippen molar-refractivity contribution in [2.45, 2.75) is 12.8 Å². The number of hydrogen-bond acceptors (Lipinski definition) is 9. The number of allylic oxidation sites excluding steroid dienone is 4. The Labute approximate surface area is 382 Å². The molecule has 3 aromatic heterocycles. The summed E-state index contributed by atoms with van der Waals surface area (Å²) in [5.74, 6) is 1.13. The highest BCUT2D eigenvalue weighted by Crippen LogP contribution is 2.51. The minimum atomic E-state index is -4.47. The molecule has 0 bridgehead atoms. The second-order valence-electron chi connectivity index (χ2n) is 16.0. The van der Waals surface area contributed by atoms with E-state index in [0.29, 0.717) is 28.6 Å². The van der Waals surface area contributed by atoms with Gasteiger partial charge in [0.05, 0.1) is 11.0 Å². The third-order valence-electron chi connectivity index (χ3n) is 11.8. The van der Waals surface area contributed by atoms with Crippen LogP contribution in [-0.2, 0) is 4.57 Å². The van der Waals surface area contributed by atoms with Crippen molar-refractivity contribution in [3.63, 3.8) is 0 Å². The van der Waals surface area contributed by atoms with E-state index in [1.54, 1.807) is 0 Å². The summed E-state index contributed by atoms with van der Waals surface area (Å²) in [6, 6.07) is 65.5. The Morgan fingerprint density at radius 3 is 1.33 bits per heavy atom. The van der Waals surface area contributed by atoms with Crippen LogP contribution in [0.5, 0.6) is 0 Å². The van der Waals surface area contributed by atoms with Gasteiger partial charge in [0.15, 0.2) is 5.82 Å². The molecule has 1 aliphatic carbocycles. The second-order valence-corrected chi connectivity index (χ2v) is 18.4. The van der Waals surface area contributed by atoms with Crippen LogP contribution in [0.25, 0.3) is 33.2 Å². The van der Waals surface area contributed by atoms with E-state index in [2.05, 4.69) is 31.2 Å².